The Morgan fingerprint density at radius 3 is 2.77 bits per heavy atom. The summed E-state index contributed by atoms with van der Waals surface area (Å²) in [4.78, 5) is 28.2. The normalized spacial score (nSPS) is 15.1. The Morgan fingerprint density at radius 1 is 1.19 bits per heavy atom. The highest BCUT2D eigenvalue weighted by Crippen LogP contribution is 2.30. The molecular formula is C20H23N3O2S. The summed E-state index contributed by atoms with van der Waals surface area (Å²) >= 11 is 1.41. The lowest BCUT2D eigenvalue weighted by molar-refractivity contribution is 0.0956. The number of aromatic nitrogens is 1. The number of likely N-dealkylation sites (tertiary alicyclic amines) is 1. The molecule has 0 spiro atoms. The Kier molecular flexibility index (Phi) is 4.78. The lowest BCUT2D eigenvalue weighted by Crippen LogP contribution is -2.28. The molecular weight excluding hydrogens is 346 g/mol. The van der Waals surface area contributed by atoms with Crippen LogP contribution in [0.2, 0.25) is 0 Å². The van der Waals surface area contributed by atoms with E-state index in [9.17, 15) is 9.59 Å². The van der Waals surface area contributed by atoms with Crippen LogP contribution in [0.5, 0.6) is 0 Å². The van der Waals surface area contributed by atoms with Crippen molar-refractivity contribution in [3.05, 3.63) is 45.6 Å². The minimum Gasteiger partial charge on any atom is -0.351 e. The first-order valence-electron chi connectivity index (χ1n) is 9.17. The highest BCUT2D eigenvalue weighted by Gasteiger charge is 2.16. The van der Waals surface area contributed by atoms with Crippen molar-refractivity contribution in [2.45, 2.75) is 19.3 Å². The third kappa shape index (κ3) is 3.15. The van der Waals surface area contributed by atoms with Gasteiger partial charge in [0.05, 0.1) is 15.8 Å². The standard InChI is InChI=1S/C20H23N3O2S/c1-22-16-8-3-2-7-14(16)18-15(20(22)25)13-17(26-18)19(24)21-9-6-12-23-10-4-5-11-23/h2-3,7-8,13H,4-6,9-12H2,1H3,(H,21,24). The number of hydrogen-bond donors (Lipinski definition) is 1. The lowest BCUT2D eigenvalue weighted by Gasteiger charge is -2.14. The number of pyridine rings is 1. The largest absolute Gasteiger partial charge is 0.351 e. The zero-order valence-electron chi connectivity index (χ0n) is 15.0. The maximum atomic E-state index is 12.6. The second kappa shape index (κ2) is 7.21. The summed E-state index contributed by atoms with van der Waals surface area (Å²) in [7, 11) is 1.78. The molecule has 2 aromatic heterocycles. The van der Waals surface area contributed by atoms with Crippen molar-refractivity contribution in [2.75, 3.05) is 26.2 Å². The van der Waals surface area contributed by atoms with Crippen LogP contribution in [0.3, 0.4) is 0 Å². The summed E-state index contributed by atoms with van der Waals surface area (Å²) in [5, 5.41) is 4.64. The Labute approximate surface area is 156 Å². The van der Waals surface area contributed by atoms with Gasteiger partial charge in [-0.15, -0.1) is 11.3 Å². The second-order valence-corrected chi connectivity index (χ2v) is 7.95. The van der Waals surface area contributed by atoms with Gasteiger partial charge in [-0.1, -0.05) is 18.2 Å². The molecule has 1 aliphatic rings. The number of rotatable bonds is 5. The summed E-state index contributed by atoms with van der Waals surface area (Å²) in [6, 6.07) is 9.57. The van der Waals surface area contributed by atoms with E-state index in [4.69, 9.17) is 0 Å². The van der Waals surface area contributed by atoms with Crippen LogP contribution in [-0.4, -0.2) is 41.6 Å². The molecule has 0 unspecified atom stereocenters. The Balaban J connectivity index is 1.53. The van der Waals surface area contributed by atoms with E-state index in [0.29, 0.717) is 16.8 Å². The predicted octanol–water partition coefficient (Wildman–Crippen LogP) is 2.97. The fourth-order valence-corrected chi connectivity index (χ4v) is 4.81. The van der Waals surface area contributed by atoms with E-state index in [1.165, 1.54) is 37.3 Å². The highest BCUT2D eigenvalue weighted by molar-refractivity contribution is 7.21. The number of amides is 1. The highest BCUT2D eigenvalue weighted by atomic mass is 32.1. The Morgan fingerprint density at radius 2 is 1.96 bits per heavy atom. The average molecular weight is 369 g/mol. The summed E-state index contributed by atoms with van der Waals surface area (Å²) in [5.41, 5.74) is 0.840. The summed E-state index contributed by atoms with van der Waals surface area (Å²) in [5.74, 6) is -0.0845. The summed E-state index contributed by atoms with van der Waals surface area (Å²) in [6.45, 7) is 4.07. The van der Waals surface area contributed by atoms with Crippen molar-refractivity contribution in [1.29, 1.82) is 0 Å². The molecule has 4 rings (SSSR count). The molecule has 26 heavy (non-hydrogen) atoms. The van der Waals surface area contributed by atoms with Crippen molar-refractivity contribution >= 4 is 38.2 Å². The number of carbonyl (C=O) groups is 1. The number of hydrogen-bond acceptors (Lipinski definition) is 4. The molecule has 0 saturated carbocycles. The Bertz CT molecular complexity index is 1010. The van der Waals surface area contributed by atoms with E-state index in [2.05, 4.69) is 10.2 Å². The molecule has 1 amide bonds. The maximum Gasteiger partial charge on any atom is 0.261 e. The molecule has 0 bridgehead atoms. The number of thiophene rings is 1. The van der Waals surface area contributed by atoms with Crippen molar-refractivity contribution in [2.24, 2.45) is 7.05 Å². The number of aryl methyl sites for hydroxylation is 1. The summed E-state index contributed by atoms with van der Waals surface area (Å²) < 4.78 is 2.55. The second-order valence-electron chi connectivity index (χ2n) is 6.89. The molecule has 5 nitrogen and oxygen atoms in total. The van der Waals surface area contributed by atoms with Crippen molar-refractivity contribution < 1.29 is 4.79 Å². The monoisotopic (exact) mass is 369 g/mol. The van der Waals surface area contributed by atoms with Crippen LogP contribution in [0, 0.1) is 0 Å². The number of para-hydroxylation sites is 1. The topological polar surface area (TPSA) is 54.3 Å². The average Bonchev–Trinajstić information content (AvgIpc) is 3.33. The zero-order valence-corrected chi connectivity index (χ0v) is 15.8. The zero-order chi connectivity index (χ0) is 18.1. The quantitative estimate of drug-likeness (QED) is 0.704. The molecule has 6 heteroatoms. The fourth-order valence-electron chi connectivity index (χ4n) is 3.71. The van der Waals surface area contributed by atoms with Crippen LogP contribution in [0.1, 0.15) is 28.9 Å². The molecule has 136 valence electrons. The first kappa shape index (κ1) is 17.2. The van der Waals surface area contributed by atoms with Gasteiger partial charge in [0.2, 0.25) is 0 Å². The number of nitrogens with one attached hydrogen (secondary N) is 1. The van der Waals surface area contributed by atoms with Gasteiger partial charge in [-0.25, -0.2) is 0 Å². The minimum absolute atomic E-state index is 0.0527. The minimum atomic E-state index is -0.0845. The molecule has 3 heterocycles. The number of benzene rings is 1. The first-order valence-corrected chi connectivity index (χ1v) is 9.98. The molecule has 1 aliphatic heterocycles. The van der Waals surface area contributed by atoms with Gasteiger partial charge in [0, 0.05) is 23.7 Å². The van der Waals surface area contributed by atoms with Gasteiger partial charge in [0.25, 0.3) is 11.5 Å². The van der Waals surface area contributed by atoms with Gasteiger partial charge >= 0.3 is 0 Å². The lowest BCUT2D eigenvalue weighted by atomic mass is 10.2. The third-order valence-corrected chi connectivity index (χ3v) is 6.30. The van der Waals surface area contributed by atoms with Gasteiger partial charge < -0.3 is 14.8 Å². The molecule has 0 aliphatic carbocycles. The van der Waals surface area contributed by atoms with Crippen molar-refractivity contribution in [3.8, 4) is 0 Å². The number of carbonyl (C=O) groups excluding carboxylic acids is 1. The molecule has 0 atom stereocenters. The SMILES string of the molecule is Cn1c(=O)c2cc(C(=O)NCCCN3CCCC3)sc2c2ccccc21. The van der Waals surface area contributed by atoms with Crippen molar-refractivity contribution in [1.82, 2.24) is 14.8 Å². The fraction of sp³-hybridized carbons (Fsp3) is 0.400. The molecule has 1 aromatic carbocycles. The van der Waals surface area contributed by atoms with Gasteiger partial charge in [0.15, 0.2) is 0 Å². The van der Waals surface area contributed by atoms with E-state index in [1.807, 2.05) is 24.3 Å². The number of fused-ring (bicyclic) bond motifs is 3. The van der Waals surface area contributed by atoms with Crippen molar-refractivity contribution in [3.63, 3.8) is 0 Å². The van der Waals surface area contributed by atoms with Gasteiger partial charge in [-0.2, -0.15) is 0 Å². The van der Waals surface area contributed by atoms with Crippen LogP contribution >= 0.6 is 11.3 Å². The van der Waals surface area contributed by atoms with Gasteiger partial charge in [0.1, 0.15) is 0 Å². The molecule has 1 fully saturated rings. The first-order chi connectivity index (χ1) is 12.6. The summed E-state index contributed by atoms with van der Waals surface area (Å²) in [6.07, 6.45) is 3.54. The number of nitrogens with zero attached hydrogens (tertiary/aromatic N) is 2. The van der Waals surface area contributed by atoms with E-state index < -0.39 is 0 Å². The van der Waals surface area contributed by atoms with E-state index in [1.54, 1.807) is 17.7 Å². The van der Waals surface area contributed by atoms with E-state index in [0.717, 1.165) is 28.6 Å². The smallest absolute Gasteiger partial charge is 0.261 e. The van der Waals surface area contributed by atoms with Gasteiger partial charge in [-0.05, 0) is 51.0 Å². The third-order valence-electron chi connectivity index (χ3n) is 5.14. The van der Waals surface area contributed by atoms with Crippen LogP contribution in [-0.2, 0) is 7.05 Å². The van der Waals surface area contributed by atoms with Gasteiger partial charge in [-0.3, -0.25) is 9.59 Å². The van der Waals surface area contributed by atoms with Crippen LogP contribution in [0.25, 0.3) is 21.0 Å². The molecule has 3 aromatic rings. The molecule has 0 radical (unpaired) electrons. The molecule has 1 saturated heterocycles. The maximum absolute atomic E-state index is 12.6. The van der Waals surface area contributed by atoms with E-state index in [-0.39, 0.29) is 11.5 Å². The molecule has 1 N–H and O–H groups in total. The van der Waals surface area contributed by atoms with Crippen LogP contribution < -0.4 is 10.9 Å². The van der Waals surface area contributed by atoms with Crippen LogP contribution in [0.4, 0.5) is 0 Å². The Hall–Kier alpha value is -2.18. The van der Waals surface area contributed by atoms with Crippen LogP contribution in [0.15, 0.2) is 35.1 Å². The van der Waals surface area contributed by atoms with E-state index >= 15 is 0 Å². The predicted molar refractivity (Wildman–Crippen MR) is 107 cm³/mol.